The van der Waals surface area contributed by atoms with Crippen LogP contribution in [0.4, 0.5) is 4.39 Å². The van der Waals surface area contributed by atoms with E-state index in [2.05, 4.69) is 5.32 Å². The minimum atomic E-state index is -0.351. The Morgan fingerprint density at radius 2 is 2.30 bits per heavy atom. The highest BCUT2D eigenvalue weighted by molar-refractivity contribution is 7.11. The molecular weight excluding hydrogens is 295 g/mol. The topological polar surface area (TPSA) is 24.9 Å². The second-order valence-electron chi connectivity index (χ2n) is 4.91. The molecule has 0 spiro atoms. The standard InChI is InChI=1S/C15H16ClFN2S/c1-2-18-14(9-5-3-6-10(16)13(9)17)15-19-11-7-4-8-12(11)20-15/h3,5-6,14,18H,2,4,7-8H2,1H3. The molecule has 1 aliphatic rings. The first kappa shape index (κ1) is 14.0. The van der Waals surface area contributed by atoms with Crippen molar-refractivity contribution in [2.45, 2.75) is 32.2 Å². The van der Waals surface area contributed by atoms with Crippen LogP contribution in [0.1, 0.15) is 40.5 Å². The van der Waals surface area contributed by atoms with Gasteiger partial charge in [-0.1, -0.05) is 30.7 Å². The molecule has 0 saturated carbocycles. The SMILES string of the molecule is CCNC(c1nc2c(s1)CCC2)c1cccc(Cl)c1F. The van der Waals surface area contributed by atoms with E-state index in [0.717, 1.165) is 24.4 Å². The van der Waals surface area contributed by atoms with Gasteiger partial charge < -0.3 is 5.32 Å². The summed E-state index contributed by atoms with van der Waals surface area (Å²) in [5.74, 6) is -0.351. The molecule has 0 saturated heterocycles. The largest absolute Gasteiger partial charge is 0.304 e. The molecule has 3 rings (SSSR count). The van der Waals surface area contributed by atoms with Crippen LogP contribution in [0.25, 0.3) is 0 Å². The Bertz CT molecular complexity index is 605. The molecule has 0 bridgehead atoms. The van der Waals surface area contributed by atoms with Crippen LogP contribution in [-0.2, 0) is 12.8 Å². The van der Waals surface area contributed by atoms with Gasteiger partial charge in [-0.25, -0.2) is 9.37 Å². The minimum Gasteiger partial charge on any atom is -0.304 e. The summed E-state index contributed by atoms with van der Waals surface area (Å²) in [5, 5.41) is 4.43. The lowest BCUT2D eigenvalue weighted by Gasteiger charge is -2.17. The number of nitrogens with one attached hydrogen (secondary N) is 1. The summed E-state index contributed by atoms with van der Waals surface area (Å²) in [7, 11) is 0. The van der Waals surface area contributed by atoms with E-state index in [4.69, 9.17) is 16.6 Å². The van der Waals surface area contributed by atoms with E-state index in [1.807, 2.05) is 6.92 Å². The normalized spacial score (nSPS) is 15.3. The molecule has 20 heavy (non-hydrogen) atoms. The Kier molecular flexibility index (Phi) is 4.06. The molecule has 106 valence electrons. The van der Waals surface area contributed by atoms with Gasteiger partial charge in [-0.05, 0) is 31.9 Å². The average Bonchev–Trinajstić information content (AvgIpc) is 3.00. The average molecular weight is 311 g/mol. The van der Waals surface area contributed by atoms with Crippen LogP contribution in [0.15, 0.2) is 18.2 Å². The molecule has 0 fully saturated rings. The number of benzene rings is 1. The summed E-state index contributed by atoms with van der Waals surface area (Å²) in [6.45, 7) is 2.76. The summed E-state index contributed by atoms with van der Waals surface area (Å²) in [6.07, 6.45) is 3.33. The van der Waals surface area contributed by atoms with Gasteiger partial charge in [0.1, 0.15) is 10.8 Å². The Labute approximate surface area is 127 Å². The molecule has 1 aromatic carbocycles. The van der Waals surface area contributed by atoms with Crippen molar-refractivity contribution in [3.63, 3.8) is 0 Å². The third kappa shape index (κ3) is 2.48. The number of rotatable bonds is 4. The van der Waals surface area contributed by atoms with E-state index in [9.17, 15) is 4.39 Å². The molecule has 1 N–H and O–H groups in total. The van der Waals surface area contributed by atoms with Crippen molar-refractivity contribution < 1.29 is 4.39 Å². The second-order valence-corrected chi connectivity index (χ2v) is 6.43. The first-order valence-electron chi connectivity index (χ1n) is 6.86. The van der Waals surface area contributed by atoms with Gasteiger partial charge in [0, 0.05) is 10.4 Å². The Morgan fingerprint density at radius 1 is 1.45 bits per heavy atom. The van der Waals surface area contributed by atoms with Crippen molar-refractivity contribution in [2.24, 2.45) is 0 Å². The van der Waals surface area contributed by atoms with Crippen molar-refractivity contribution in [2.75, 3.05) is 6.54 Å². The summed E-state index contributed by atoms with van der Waals surface area (Å²) >= 11 is 7.60. The van der Waals surface area contributed by atoms with Gasteiger partial charge in [0.15, 0.2) is 0 Å². The lowest BCUT2D eigenvalue weighted by Crippen LogP contribution is -2.23. The number of halogens is 2. The number of thiazole rings is 1. The first-order chi connectivity index (χ1) is 9.70. The zero-order valence-corrected chi connectivity index (χ0v) is 12.8. The van der Waals surface area contributed by atoms with Crippen LogP contribution >= 0.6 is 22.9 Å². The highest BCUT2D eigenvalue weighted by Gasteiger charge is 2.25. The van der Waals surface area contributed by atoms with Gasteiger partial charge in [0.25, 0.3) is 0 Å². The summed E-state index contributed by atoms with van der Waals surface area (Å²) in [6, 6.07) is 4.92. The predicted octanol–water partition coefficient (Wildman–Crippen LogP) is 4.12. The number of fused-ring (bicyclic) bond motifs is 1. The summed E-state index contributed by atoms with van der Waals surface area (Å²) in [5.41, 5.74) is 1.77. The fourth-order valence-corrected chi connectivity index (χ4v) is 4.04. The van der Waals surface area contributed by atoms with E-state index in [-0.39, 0.29) is 16.9 Å². The summed E-state index contributed by atoms with van der Waals surface area (Å²) < 4.78 is 14.3. The third-order valence-corrected chi connectivity index (χ3v) is 5.07. The predicted molar refractivity (Wildman–Crippen MR) is 81.1 cm³/mol. The molecule has 0 radical (unpaired) electrons. The smallest absolute Gasteiger partial charge is 0.146 e. The van der Waals surface area contributed by atoms with Gasteiger partial charge in [-0.15, -0.1) is 11.3 Å². The first-order valence-corrected chi connectivity index (χ1v) is 8.06. The zero-order chi connectivity index (χ0) is 14.1. The van der Waals surface area contributed by atoms with Gasteiger partial charge >= 0.3 is 0 Å². The fraction of sp³-hybridized carbons (Fsp3) is 0.400. The molecule has 0 aliphatic heterocycles. The molecule has 0 amide bonds. The number of aromatic nitrogens is 1. The van der Waals surface area contributed by atoms with Crippen molar-refractivity contribution in [1.29, 1.82) is 0 Å². The van der Waals surface area contributed by atoms with Gasteiger partial charge in [-0.3, -0.25) is 0 Å². The highest BCUT2D eigenvalue weighted by atomic mass is 35.5. The number of hydrogen-bond acceptors (Lipinski definition) is 3. The van der Waals surface area contributed by atoms with E-state index < -0.39 is 0 Å². The van der Waals surface area contributed by atoms with Crippen molar-refractivity contribution >= 4 is 22.9 Å². The van der Waals surface area contributed by atoms with E-state index in [0.29, 0.717) is 5.56 Å². The maximum Gasteiger partial charge on any atom is 0.146 e. The Balaban J connectivity index is 2.01. The molecule has 1 aliphatic carbocycles. The molecular formula is C15H16ClFN2S. The quantitative estimate of drug-likeness (QED) is 0.918. The van der Waals surface area contributed by atoms with E-state index >= 15 is 0 Å². The second kappa shape index (κ2) is 5.80. The number of hydrogen-bond donors (Lipinski definition) is 1. The molecule has 2 aromatic rings. The van der Waals surface area contributed by atoms with Crippen LogP contribution in [0, 0.1) is 5.82 Å². The lowest BCUT2D eigenvalue weighted by atomic mass is 10.1. The van der Waals surface area contributed by atoms with Crippen molar-refractivity contribution in [3.05, 3.63) is 50.2 Å². The fourth-order valence-electron chi connectivity index (χ4n) is 2.61. The Hall–Kier alpha value is -0.970. The molecule has 2 nitrogen and oxygen atoms in total. The van der Waals surface area contributed by atoms with Crippen LogP contribution in [0.3, 0.4) is 0 Å². The van der Waals surface area contributed by atoms with Crippen LogP contribution < -0.4 is 5.32 Å². The van der Waals surface area contributed by atoms with Gasteiger partial charge in [-0.2, -0.15) is 0 Å². The maximum atomic E-state index is 14.3. The van der Waals surface area contributed by atoms with Crippen molar-refractivity contribution in [1.82, 2.24) is 10.3 Å². The molecule has 1 heterocycles. The Morgan fingerprint density at radius 3 is 3.05 bits per heavy atom. The summed E-state index contributed by atoms with van der Waals surface area (Å²) in [4.78, 5) is 6.06. The lowest BCUT2D eigenvalue weighted by molar-refractivity contribution is 0.557. The molecule has 1 unspecified atom stereocenters. The van der Waals surface area contributed by atoms with Gasteiger partial charge in [0.2, 0.25) is 0 Å². The minimum absolute atomic E-state index is 0.162. The third-order valence-electron chi connectivity index (χ3n) is 3.56. The highest BCUT2D eigenvalue weighted by Crippen LogP contribution is 2.35. The molecule has 1 atom stereocenters. The number of nitrogens with zero attached hydrogens (tertiary/aromatic N) is 1. The maximum absolute atomic E-state index is 14.3. The zero-order valence-electron chi connectivity index (χ0n) is 11.2. The van der Waals surface area contributed by atoms with E-state index in [1.54, 1.807) is 29.5 Å². The van der Waals surface area contributed by atoms with Gasteiger partial charge in [0.05, 0.1) is 16.8 Å². The number of aryl methyl sites for hydroxylation is 2. The van der Waals surface area contributed by atoms with E-state index in [1.165, 1.54) is 17.0 Å². The molecule has 5 heteroatoms. The van der Waals surface area contributed by atoms with Crippen LogP contribution in [0.2, 0.25) is 5.02 Å². The molecule has 1 aromatic heterocycles. The van der Waals surface area contributed by atoms with Crippen LogP contribution in [0.5, 0.6) is 0 Å². The van der Waals surface area contributed by atoms with Crippen LogP contribution in [-0.4, -0.2) is 11.5 Å². The monoisotopic (exact) mass is 310 g/mol. The van der Waals surface area contributed by atoms with Crippen molar-refractivity contribution in [3.8, 4) is 0 Å².